The van der Waals surface area contributed by atoms with E-state index >= 15 is 0 Å². The Morgan fingerprint density at radius 1 is 1.38 bits per heavy atom. The van der Waals surface area contributed by atoms with E-state index in [2.05, 4.69) is 54.3 Å². The van der Waals surface area contributed by atoms with Crippen LogP contribution in [0.2, 0.25) is 0 Å². The zero-order chi connectivity index (χ0) is 14.5. The summed E-state index contributed by atoms with van der Waals surface area (Å²) in [4.78, 5) is 0. The Labute approximate surface area is 133 Å². The van der Waals surface area contributed by atoms with Gasteiger partial charge in [0.25, 0.3) is 0 Å². The van der Waals surface area contributed by atoms with Crippen molar-refractivity contribution in [3.63, 3.8) is 0 Å². The third kappa shape index (κ3) is 4.02. The van der Waals surface area contributed by atoms with Crippen LogP contribution >= 0.6 is 11.8 Å². The van der Waals surface area contributed by atoms with Crippen molar-refractivity contribution in [2.45, 2.75) is 50.2 Å². The lowest BCUT2D eigenvalue weighted by molar-refractivity contribution is -0.0700. The van der Waals surface area contributed by atoms with Gasteiger partial charge in [-0.15, -0.1) is 0 Å². The highest BCUT2D eigenvalue weighted by Crippen LogP contribution is 2.38. The number of ether oxygens (including phenoxy) is 1. The third-order valence-corrected chi connectivity index (χ3v) is 6.16. The average Bonchev–Trinajstić information content (AvgIpc) is 2.96. The van der Waals surface area contributed by atoms with Crippen molar-refractivity contribution in [2.24, 2.45) is 0 Å². The fraction of sp³-hybridized carbons (Fsp3) is 0.667. The maximum Gasteiger partial charge on any atom is 0.0795 e. The topological polar surface area (TPSA) is 21.3 Å². The van der Waals surface area contributed by atoms with E-state index in [9.17, 15) is 0 Å². The largest absolute Gasteiger partial charge is 0.374 e. The molecule has 0 bridgehead atoms. The second kappa shape index (κ2) is 7.17. The fourth-order valence-corrected chi connectivity index (χ4v) is 4.90. The van der Waals surface area contributed by atoms with Gasteiger partial charge < -0.3 is 10.1 Å². The summed E-state index contributed by atoms with van der Waals surface area (Å²) in [5.74, 6) is 3.11. The molecular weight excluding hydrogens is 278 g/mol. The Balaban J connectivity index is 1.43. The van der Waals surface area contributed by atoms with Crippen LogP contribution in [0.5, 0.6) is 0 Å². The van der Waals surface area contributed by atoms with Gasteiger partial charge in [0.15, 0.2) is 0 Å². The minimum atomic E-state index is 0.200. The second-order valence-electron chi connectivity index (χ2n) is 6.58. The summed E-state index contributed by atoms with van der Waals surface area (Å²) in [5.41, 5.74) is 1.65. The SMILES string of the molecule is CC(CCNC1CCOC2(CCSC2)C1)c1ccccc1. The molecule has 3 heteroatoms. The lowest BCUT2D eigenvalue weighted by Crippen LogP contribution is -2.47. The molecule has 1 aromatic carbocycles. The Hall–Kier alpha value is -0.510. The Kier molecular flexibility index (Phi) is 5.25. The Morgan fingerprint density at radius 3 is 3.00 bits per heavy atom. The van der Waals surface area contributed by atoms with Gasteiger partial charge in [-0.2, -0.15) is 11.8 Å². The molecule has 2 aliphatic rings. The molecule has 2 saturated heterocycles. The van der Waals surface area contributed by atoms with Crippen LogP contribution in [0.3, 0.4) is 0 Å². The van der Waals surface area contributed by atoms with Crippen molar-refractivity contribution in [3.8, 4) is 0 Å². The molecule has 21 heavy (non-hydrogen) atoms. The third-order valence-electron chi connectivity index (χ3n) is 4.94. The summed E-state index contributed by atoms with van der Waals surface area (Å²) >= 11 is 2.05. The molecule has 3 rings (SSSR count). The highest BCUT2D eigenvalue weighted by molar-refractivity contribution is 7.99. The van der Waals surface area contributed by atoms with Gasteiger partial charge in [0.2, 0.25) is 0 Å². The minimum Gasteiger partial charge on any atom is -0.374 e. The molecule has 2 heterocycles. The zero-order valence-electron chi connectivity index (χ0n) is 13.0. The molecule has 2 aliphatic heterocycles. The average molecular weight is 305 g/mol. The van der Waals surface area contributed by atoms with E-state index in [1.807, 2.05) is 0 Å². The number of thioether (sulfide) groups is 1. The van der Waals surface area contributed by atoms with Gasteiger partial charge in [0.05, 0.1) is 5.60 Å². The van der Waals surface area contributed by atoms with Gasteiger partial charge in [-0.25, -0.2) is 0 Å². The van der Waals surface area contributed by atoms with Crippen LogP contribution in [-0.4, -0.2) is 36.3 Å². The van der Waals surface area contributed by atoms with E-state index in [-0.39, 0.29) is 5.60 Å². The molecule has 0 saturated carbocycles. The van der Waals surface area contributed by atoms with E-state index in [0.717, 1.165) is 13.2 Å². The minimum absolute atomic E-state index is 0.200. The number of hydrogen-bond donors (Lipinski definition) is 1. The predicted octanol–water partition coefficient (Wildman–Crippen LogP) is 3.82. The molecule has 2 nitrogen and oxygen atoms in total. The smallest absolute Gasteiger partial charge is 0.0795 e. The summed E-state index contributed by atoms with van der Waals surface area (Å²) in [6.45, 7) is 4.38. The van der Waals surface area contributed by atoms with Crippen molar-refractivity contribution in [3.05, 3.63) is 35.9 Å². The lowest BCUT2D eigenvalue weighted by Gasteiger charge is -2.38. The molecular formula is C18H27NOS. The maximum atomic E-state index is 6.09. The molecule has 3 unspecified atom stereocenters. The molecule has 1 N–H and O–H groups in total. The van der Waals surface area contributed by atoms with Gasteiger partial charge in [-0.1, -0.05) is 37.3 Å². The van der Waals surface area contributed by atoms with E-state index < -0.39 is 0 Å². The van der Waals surface area contributed by atoms with Crippen molar-refractivity contribution >= 4 is 11.8 Å². The van der Waals surface area contributed by atoms with E-state index in [1.165, 1.54) is 42.8 Å². The summed E-state index contributed by atoms with van der Waals surface area (Å²) < 4.78 is 6.09. The Bertz CT molecular complexity index is 430. The van der Waals surface area contributed by atoms with Crippen molar-refractivity contribution in [2.75, 3.05) is 24.7 Å². The first kappa shape index (κ1) is 15.4. The predicted molar refractivity (Wildman–Crippen MR) is 91.1 cm³/mol. The zero-order valence-corrected chi connectivity index (χ0v) is 13.8. The van der Waals surface area contributed by atoms with Crippen LogP contribution < -0.4 is 5.32 Å². The first-order valence-corrected chi connectivity index (χ1v) is 9.43. The standard InChI is InChI=1S/C18H27NOS/c1-15(16-5-3-2-4-6-16)7-10-19-17-8-11-20-18(13-17)9-12-21-14-18/h2-6,15,17,19H,7-14H2,1H3. The van der Waals surface area contributed by atoms with Crippen LogP contribution in [0.4, 0.5) is 0 Å². The fourth-order valence-electron chi connectivity index (χ4n) is 3.52. The van der Waals surface area contributed by atoms with E-state index in [0.29, 0.717) is 12.0 Å². The normalized spacial score (nSPS) is 30.6. The van der Waals surface area contributed by atoms with Crippen LogP contribution in [0.15, 0.2) is 30.3 Å². The Morgan fingerprint density at radius 2 is 2.24 bits per heavy atom. The summed E-state index contributed by atoms with van der Waals surface area (Å²) in [7, 11) is 0. The van der Waals surface area contributed by atoms with Crippen LogP contribution in [0, 0.1) is 0 Å². The quantitative estimate of drug-likeness (QED) is 0.893. The molecule has 0 amide bonds. The molecule has 3 atom stereocenters. The molecule has 1 spiro atoms. The molecule has 0 aromatic heterocycles. The van der Waals surface area contributed by atoms with Crippen molar-refractivity contribution in [1.29, 1.82) is 0 Å². The van der Waals surface area contributed by atoms with Crippen molar-refractivity contribution < 1.29 is 4.74 Å². The van der Waals surface area contributed by atoms with Crippen LogP contribution in [0.1, 0.15) is 44.1 Å². The monoisotopic (exact) mass is 305 g/mol. The van der Waals surface area contributed by atoms with Gasteiger partial charge in [-0.3, -0.25) is 0 Å². The van der Waals surface area contributed by atoms with Crippen molar-refractivity contribution in [1.82, 2.24) is 5.32 Å². The molecule has 2 fully saturated rings. The number of rotatable bonds is 5. The van der Waals surface area contributed by atoms with Gasteiger partial charge in [0, 0.05) is 18.4 Å². The maximum absolute atomic E-state index is 6.09. The highest BCUT2D eigenvalue weighted by atomic mass is 32.2. The van der Waals surface area contributed by atoms with Gasteiger partial charge >= 0.3 is 0 Å². The highest BCUT2D eigenvalue weighted by Gasteiger charge is 2.40. The number of benzene rings is 1. The summed E-state index contributed by atoms with van der Waals surface area (Å²) in [5, 5.41) is 3.78. The van der Waals surface area contributed by atoms with E-state index in [4.69, 9.17) is 4.74 Å². The first-order valence-electron chi connectivity index (χ1n) is 8.27. The lowest BCUT2D eigenvalue weighted by atomic mass is 9.89. The number of hydrogen-bond acceptors (Lipinski definition) is 3. The number of nitrogens with one attached hydrogen (secondary N) is 1. The van der Waals surface area contributed by atoms with Gasteiger partial charge in [0.1, 0.15) is 0 Å². The molecule has 0 aliphatic carbocycles. The van der Waals surface area contributed by atoms with Crippen LogP contribution in [-0.2, 0) is 4.74 Å². The molecule has 116 valence electrons. The summed E-state index contributed by atoms with van der Waals surface area (Å²) in [6.07, 6.45) is 4.84. The first-order chi connectivity index (χ1) is 10.3. The molecule has 0 radical (unpaired) electrons. The van der Waals surface area contributed by atoms with Crippen LogP contribution in [0.25, 0.3) is 0 Å². The van der Waals surface area contributed by atoms with E-state index in [1.54, 1.807) is 0 Å². The molecule has 1 aromatic rings. The second-order valence-corrected chi connectivity index (χ2v) is 7.68. The van der Waals surface area contributed by atoms with Gasteiger partial charge in [-0.05, 0) is 49.5 Å². The summed E-state index contributed by atoms with van der Waals surface area (Å²) in [6, 6.07) is 11.5.